The number of hydrogen-bond donors (Lipinski definition) is 2. The van der Waals surface area contributed by atoms with Crippen LogP contribution in [-0.2, 0) is 13.0 Å². The molecule has 148 valence electrons. The maximum atomic E-state index is 5.90. The third-order valence-corrected chi connectivity index (χ3v) is 3.92. The van der Waals surface area contributed by atoms with E-state index in [0.29, 0.717) is 36.2 Å². The van der Waals surface area contributed by atoms with Gasteiger partial charge < -0.3 is 15.2 Å². The van der Waals surface area contributed by atoms with Gasteiger partial charge in [-0.25, -0.2) is 4.99 Å². The average molecular weight is 513 g/mol. The highest BCUT2D eigenvalue weighted by Crippen LogP contribution is 2.18. The summed E-state index contributed by atoms with van der Waals surface area (Å²) < 4.78 is 5.32. The van der Waals surface area contributed by atoms with Crippen LogP contribution in [0.1, 0.15) is 18.5 Å². The van der Waals surface area contributed by atoms with E-state index in [1.54, 1.807) is 18.3 Å². The molecule has 0 spiro atoms. The Morgan fingerprint density at radius 3 is 2.68 bits per heavy atom. The van der Waals surface area contributed by atoms with Crippen LogP contribution in [0.2, 0.25) is 5.02 Å². The molecule has 0 atom stereocenters. The first kappa shape index (κ1) is 22.1. The van der Waals surface area contributed by atoms with Gasteiger partial charge in [0.15, 0.2) is 5.96 Å². The predicted molar refractivity (Wildman–Crippen MR) is 121 cm³/mol. The Labute approximate surface area is 186 Å². The predicted octanol–water partition coefficient (Wildman–Crippen LogP) is 3.70. The molecule has 28 heavy (non-hydrogen) atoms. The van der Waals surface area contributed by atoms with E-state index in [2.05, 4.69) is 30.8 Å². The lowest BCUT2D eigenvalue weighted by Crippen LogP contribution is -2.38. The number of aliphatic imine (C=N–C) groups is 1. The van der Waals surface area contributed by atoms with Crippen molar-refractivity contribution in [1.82, 2.24) is 25.8 Å². The molecule has 0 amide bonds. The fourth-order valence-corrected chi connectivity index (χ4v) is 2.48. The van der Waals surface area contributed by atoms with Crippen LogP contribution in [0, 0.1) is 0 Å². The van der Waals surface area contributed by atoms with Crippen molar-refractivity contribution in [2.45, 2.75) is 19.9 Å². The van der Waals surface area contributed by atoms with Crippen molar-refractivity contribution in [2.24, 2.45) is 4.99 Å². The smallest absolute Gasteiger partial charge is 0.228 e. The Morgan fingerprint density at radius 1 is 1.14 bits per heavy atom. The van der Waals surface area contributed by atoms with E-state index in [4.69, 9.17) is 16.1 Å². The number of pyridine rings is 1. The van der Waals surface area contributed by atoms with E-state index in [-0.39, 0.29) is 24.0 Å². The summed E-state index contributed by atoms with van der Waals surface area (Å²) in [5.74, 6) is 1.84. The summed E-state index contributed by atoms with van der Waals surface area (Å²) in [6.07, 6.45) is 2.35. The van der Waals surface area contributed by atoms with E-state index in [9.17, 15) is 0 Å². The van der Waals surface area contributed by atoms with Gasteiger partial charge in [-0.15, -0.1) is 24.0 Å². The quantitative estimate of drug-likeness (QED) is 0.285. The molecule has 0 fully saturated rings. The second-order valence-electron chi connectivity index (χ2n) is 5.71. The Kier molecular flexibility index (Phi) is 9.15. The maximum Gasteiger partial charge on any atom is 0.228 e. The largest absolute Gasteiger partial charge is 0.357 e. The van der Waals surface area contributed by atoms with Crippen LogP contribution in [0.25, 0.3) is 11.4 Å². The number of nitrogens with one attached hydrogen (secondary N) is 2. The number of aromatic nitrogens is 3. The second kappa shape index (κ2) is 11.6. The summed E-state index contributed by atoms with van der Waals surface area (Å²) in [5, 5.41) is 11.2. The Balaban J connectivity index is 0.00000280. The topological polar surface area (TPSA) is 88.2 Å². The van der Waals surface area contributed by atoms with Crippen molar-refractivity contribution < 1.29 is 4.52 Å². The second-order valence-corrected chi connectivity index (χ2v) is 6.15. The molecule has 0 saturated heterocycles. The average Bonchev–Trinajstić information content (AvgIpc) is 3.16. The van der Waals surface area contributed by atoms with Crippen LogP contribution in [0.15, 0.2) is 58.2 Å². The van der Waals surface area contributed by atoms with Crippen molar-refractivity contribution in [2.75, 3.05) is 13.1 Å². The van der Waals surface area contributed by atoms with Crippen LogP contribution < -0.4 is 10.6 Å². The first-order chi connectivity index (χ1) is 13.2. The van der Waals surface area contributed by atoms with E-state index in [0.717, 1.165) is 23.8 Å². The molecular formula is C19H22ClIN6O. The lowest BCUT2D eigenvalue weighted by atomic mass is 10.2. The molecule has 9 heteroatoms. The first-order valence-corrected chi connectivity index (χ1v) is 9.13. The van der Waals surface area contributed by atoms with E-state index in [1.807, 2.05) is 37.3 Å². The molecule has 0 aliphatic carbocycles. The van der Waals surface area contributed by atoms with Gasteiger partial charge in [0, 0.05) is 36.3 Å². The molecule has 3 rings (SSSR count). The number of guanidine groups is 1. The summed E-state index contributed by atoms with van der Waals surface area (Å²) in [5.41, 5.74) is 1.78. The standard InChI is InChI=1S/C19H21ClN6O.HI/c1-2-21-19(24-13-16-5-3-4-11-22-16)23-12-10-17-25-18(26-27-17)14-6-8-15(20)9-7-14;/h3-9,11H,2,10,12-13H2,1H3,(H2,21,23,24);1H. The van der Waals surface area contributed by atoms with Crippen LogP contribution >= 0.6 is 35.6 Å². The molecule has 0 saturated carbocycles. The van der Waals surface area contributed by atoms with Crippen molar-refractivity contribution >= 4 is 41.5 Å². The van der Waals surface area contributed by atoms with Gasteiger partial charge in [0.05, 0.1) is 12.2 Å². The zero-order valence-corrected chi connectivity index (χ0v) is 18.5. The summed E-state index contributed by atoms with van der Waals surface area (Å²) in [7, 11) is 0. The van der Waals surface area contributed by atoms with Gasteiger partial charge in [-0.05, 0) is 43.3 Å². The summed E-state index contributed by atoms with van der Waals surface area (Å²) in [4.78, 5) is 13.2. The van der Waals surface area contributed by atoms with Crippen molar-refractivity contribution in [1.29, 1.82) is 0 Å². The molecule has 1 aromatic carbocycles. The Bertz CT molecular complexity index is 870. The minimum absolute atomic E-state index is 0. The molecule has 0 unspecified atom stereocenters. The van der Waals surface area contributed by atoms with Gasteiger partial charge in [0.25, 0.3) is 0 Å². The number of benzene rings is 1. The lowest BCUT2D eigenvalue weighted by Gasteiger charge is -2.10. The zero-order chi connectivity index (χ0) is 18.9. The van der Waals surface area contributed by atoms with E-state index >= 15 is 0 Å². The highest BCUT2D eigenvalue weighted by atomic mass is 127. The molecule has 0 radical (unpaired) electrons. The van der Waals surface area contributed by atoms with Crippen LogP contribution in [0.3, 0.4) is 0 Å². The highest BCUT2D eigenvalue weighted by Gasteiger charge is 2.08. The summed E-state index contributed by atoms with van der Waals surface area (Å²) in [6, 6.07) is 13.1. The number of rotatable bonds is 7. The molecule has 3 aromatic rings. The lowest BCUT2D eigenvalue weighted by molar-refractivity contribution is 0.378. The normalized spacial score (nSPS) is 11.0. The monoisotopic (exact) mass is 512 g/mol. The molecule has 0 aliphatic rings. The van der Waals surface area contributed by atoms with Gasteiger partial charge in [-0.3, -0.25) is 4.98 Å². The maximum absolute atomic E-state index is 5.90. The van der Waals surface area contributed by atoms with Crippen LogP contribution in [-0.4, -0.2) is 34.2 Å². The molecule has 7 nitrogen and oxygen atoms in total. The molecule has 2 heterocycles. The van der Waals surface area contributed by atoms with Gasteiger partial charge in [0.2, 0.25) is 11.7 Å². The SMILES string of the molecule is CCNC(=NCc1ccccn1)NCCc1nc(-c2ccc(Cl)cc2)no1.I. The van der Waals surface area contributed by atoms with Gasteiger partial charge in [-0.2, -0.15) is 4.98 Å². The first-order valence-electron chi connectivity index (χ1n) is 8.75. The fraction of sp³-hybridized carbons (Fsp3) is 0.263. The molecule has 0 aliphatic heterocycles. The zero-order valence-electron chi connectivity index (χ0n) is 15.4. The van der Waals surface area contributed by atoms with Gasteiger partial charge in [0.1, 0.15) is 0 Å². The third kappa shape index (κ3) is 6.75. The highest BCUT2D eigenvalue weighted by molar-refractivity contribution is 14.0. The van der Waals surface area contributed by atoms with Gasteiger partial charge in [-0.1, -0.05) is 22.8 Å². The number of halogens is 2. The third-order valence-electron chi connectivity index (χ3n) is 3.67. The van der Waals surface area contributed by atoms with Crippen molar-refractivity contribution in [3.05, 3.63) is 65.3 Å². The Hall–Kier alpha value is -2.20. The van der Waals surface area contributed by atoms with Crippen LogP contribution in [0.4, 0.5) is 0 Å². The Morgan fingerprint density at radius 2 is 1.96 bits per heavy atom. The number of nitrogens with zero attached hydrogens (tertiary/aromatic N) is 4. The molecular weight excluding hydrogens is 491 g/mol. The van der Waals surface area contributed by atoms with Gasteiger partial charge >= 0.3 is 0 Å². The van der Waals surface area contributed by atoms with Crippen molar-refractivity contribution in [3.8, 4) is 11.4 Å². The minimum atomic E-state index is 0. The van der Waals surface area contributed by atoms with Crippen LogP contribution in [0.5, 0.6) is 0 Å². The minimum Gasteiger partial charge on any atom is -0.357 e. The summed E-state index contributed by atoms with van der Waals surface area (Å²) >= 11 is 5.90. The van der Waals surface area contributed by atoms with E-state index < -0.39 is 0 Å². The molecule has 2 aromatic heterocycles. The summed E-state index contributed by atoms with van der Waals surface area (Å²) in [6.45, 7) is 3.93. The fourth-order valence-electron chi connectivity index (χ4n) is 2.35. The van der Waals surface area contributed by atoms with Crippen molar-refractivity contribution in [3.63, 3.8) is 0 Å². The molecule has 2 N–H and O–H groups in total. The van der Waals surface area contributed by atoms with E-state index in [1.165, 1.54) is 0 Å². The number of hydrogen-bond acceptors (Lipinski definition) is 5. The molecule has 0 bridgehead atoms.